The van der Waals surface area contributed by atoms with E-state index in [-0.39, 0.29) is 25.0 Å². The largest absolute Gasteiger partial charge is 0.379 e. The first kappa shape index (κ1) is 54.0. The number of amides is 2. The first-order valence-corrected chi connectivity index (χ1v) is 22.2. The first-order chi connectivity index (χ1) is 29.8. The van der Waals surface area contributed by atoms with Gasteiger partial charge in [0.05, 0.1) is 183 Å². The van der Waals surface area contributed by atoms with E-state index in [2.05, 4.69) is 6.92 Å². The molecule has 0 spiro atoms. The molecule has 0 N–H and O–H groups in total. The summed E-state index contributed by atoms with van der Waals surface area (Å²) in [6.07, 6.45) is 10.5. The van der Waals surface area contributed by atoms with Crippen molar-refractivity contribution >= 4 is 11.8 Å². The Morgan fingerprint density at radius 3 is 0.833 bits per heavy atom. The SMILES string of the molecule is CCCCCCCCCCOCCOCCOCCOCCOCCOCCOCCOCCOCCOCCOCCOCCOCCN1C(=O)c2ccccc2C1=O. The zero-order valence-corrected chi connectivity index (χ0v) is 36.6. The van der Waals surface area contributed by atoms with E-state index in [0.29, 0.717) is 170 Å². The topological polar surface area (TPSA) is 157 Å². The molecule has 0 unspecified atom stereocenters. The number of carbonyl (C=O) groups excluding carboxylic acids is 2. The number of benzene rings is 1. The summed E-state index contributed by atoms with van der Waals surface area (Å²) in [7, 11) is 0. The number of ether oxygens (including phenoxy) is 13. The Hall–Kier alpha value is -2.16. The first-order valence-electron chi connectivity index (χ1n) is 22.2. The lowest BCUT2D eigenvalue weighted by atomic mass is 10.1. The predicted molar refractivity (Wildman–Crippen MR) is 225 cm³/mol. The molecule has 0 saturated heterocycles. The minimum Gasteiger partial charge on any atom is -0.379 e. The van der Waals surface area contributed by atoms with Crippen LogP contribution in [0.25, 0.3) is 0 Å². The summed E-state index contributed by atoms with van der Waals surface area (Å²) in [5.41, 5.74) is 0.883. The van der Waals surface area contributed by atoms with Crippen molar-refractivity contribution in [3.63, 3.8) is 0 Å². The van der Waals surface area contributed by atoms with E-state index in [1.54, 1.807) is 24.3 Å². The van der Waals surface area contributed by atoms with Crippen LogP contribution < -0.4 is 0 Å². The van der Waals surface area contributed by atoms with Gasteiger partial charge in [0.25, 0.3) is 11.8 Å². The van der Waals surface area contributed by atoms with Crippen molar-refractivity contribution in [3.05, 3.63) is 35.4 Å². The molecule has 0 aliphatic carbocycles. The van der Waals surface area contributed by atoms with Crippen molar-refractivity contribution in [2.24, 2.45) is 0 Å². The normalized spacial score (nSPS) is 12.7. The van der Waals surface area contributed by atoms with Crippen LogP contribution in [-0.4, -0.2) is 195 Å². The molecule has 1 aromatic rings. The molecule has 1 aromatic carbocycles. The van der Waals surface area contributed by atoms with Crippen LogP contribution in [0.4, 0.5) is 0 Å². The highest BCUT2D eigenvalue weighted by atomic mass is 16.6. The van der Waals surface area contributed by atoms with E-state index >= 15 is 0 Å². The molecular weight excluding hydrogens is 782 g/mol. The quantitative estimate of drug-likeness (QED) is 0.0659. The second kappa shape index (κ2) is 42.2. The Morgan fingerprint density at radius 1 is 0.317 bits per heavy atom. The molecular formula is C44H77NO15. The van der Waals surface area contributed by atoms with Crippen LogP contribution in [0.1, 0.15) is 79.0 Å². The van der Waals surface area contributed by atoms with Crippen LogP contribution in [0.5, 0.6) is 0 Å². The number of nitrogens with zero attached hydrogens (tertiary/aromatic N) is 1. The summed E-state index contributed by atoms with van der Waals surface area (Å²) in [5, 5.41) is 0. The Labute approximate surface area is 359 Å². The van der Waals surface area contributed by atoms with Crippen molar-refractivity contribution in [1.82, 2.24) is 4.90 Å². The second-order valence-electron chi connectivity index (χ2n) is 13.7. The number of hydrogen-bond donors (Lipinski definition) is 0. The van der Waals surface area contributed by atoms with E-state index in [1.807, 2.05) is 0 Å². The van der Waals surface area contributed by atoms with E-state index in [4.69, 9.17) is 61.6 Å². The number of rotatable bonds is 48. The monoisotopic (exact) mass is 860 g/mol. The lowest BCUT2D eigenvalue weighted by Crippen LogP contribution is -2.33. The average molecular weight is 860 g/mol. The fourth-order valence-electron chi connectivity index (χ4n) is 5.68. The molecule has 2 amide bonds. The molecule has 1 aliphatic rings. The summed E-state index contributed by atoms with van der Waals surface area (Å²) in [4.78, 5) is 25.9. The van der Waals surface area contributed by atoms with Crippen molar-refractivity contribution in [2.75, 3.05) is 178 Å². The minimum absolute atomic E-state index is 0.213. The lowest BCUT2D eigenvalue weighted by molar-refractivity contribution is -0.0291. The summed E-state index contributed by atoms with van der Waals surface area (Å²) in [6, 6.07) is 6.82. The maximum absolute atomic E-state index is 12.3. The molecule has 1 heterocycles. The Balaban J connectivity index is 1.13. The number of unbranched alkanes of at least 4 members (excludes halogenated alkanes) is 7. The fraction of sp³-hybridized carbons (Fsp3) is 0.818. The minimum atomic E-state index is -0.278. The van der Waals surface area contributed by atoms with Crippen LogP contribution >= 0.6 is 0 Å². The van der Waals surface area contributed by atoms with Crippen molar-refractivity contribution in [3.8, 4) is 0 Å². The molecule has 60 heavy (non-hydrogen) atoms. The van der Waals surface area contributed by atoms with Crippen LogP contribution in [-0.2, 0) is 61.6 Å². The summed E-state index contributed by atoms with van der Waals surface area (Å²) < 4.78 is 71.7. The molecule has 0 bridgehead atoms. The zero-order chi connectivity index (χ0) is 42.7. The van der Waals surface area contributed by atoms with Gasteiger partial charge in [-0.25, -0.2) is 0 Å². The van der Waals surface area contributed by atoms with Crippen LogP contribution in [0.3, 0.4) is 0 Å². The number of fused-ring (bicyclic) bond motifs is 1. The van der Waals surface area contributed by atoms with Crippen molar-refractivity contribution < 1.29 is 71.2 Å². The van der Waals surface area contributed by atoms with Crippen LogP contribution in [0, 0.1) is 0 Å². The third kappa shape index (κ3) is 30.8. The van der Waals surface area contributed by atoms with E-state index in [1.165, 1.54) is 49.8 Å². The standard InChI is InChI=1S/C44H77NO15/c1-2-3-4-5-6-7-8-11-15-48-17-19-50-21-23-52-25-27-54-29-31-56-33-35-58-37-39-60-40-38-59-36-34-57-32-30-55-28-26-53-24-22-51-20-18-49-16-14-45-43(46)41-12-9-10-13-42(41)44(45)47/h9-10,12-13H,2-8,11,14-40H2,1H3. The highest BCUT2D eigenvalue weighted by molar-refractivity contribution is 6.21. The molecule has 0 saturated carbocycles. The molecule has 348 valence electrons. The Morgan fingerprint density at radius 2 is 0.550 bits per heavy atom. The van der Waals surface area contributed by atoms with Gasteiger partial charge in [-0.05, 0) is 18.6 Å². The van der Waals surface area contributed by atoms with Gasteiger partial charge in [-0.1, -0.05) is 64.0 Å². The Bertz CT molecular complexity index is 1080. The van der Waals surface area contributed by atoms with Gasteiger partial charge < -0.3 is 61.6 Å². The molecule has 16 nitrogen and oxygen atoms in total. The van der Waals surface area contributed by atoms with Gasteiger partial charge in [-0.2, -0.15) is 0 Å². The maximum atomic E-state index is 12.3. The fourth-order valence-corrected chi connectivity index (χ4v) is 5.68. The van der Waals surface area contributed by atoms with Gasteiger partial charge in [0.15, 0.2) is 0 Å². The maximum Gasteiger partial charge on any atom is 0.261 e. The smallest absolute Gasteiger partial charge is 0.261 e. The Kier molecular flexibility index (Phi) is 37.9. The summed E-state index contributed by atoms with van der Waals surface area (Å²) in [6.45, 7) is 15.5. The predicted octanol–water partition coefficient (Wildman–Crippen LogP) is 4.64. The van der Waals surface area contributed by atoms with E-state index < -0.39 is 0 Å². The molecule has 1 aliphatic heterocycles. The van der Waals surface area contributed by atoms with Gasteiger partial charge in [-0.3, -0.25) is 14.5 Å². The van der Waals surface area contributed by atoms with E-state index in [0.717, 1.165) is 13.0 Å². The number of hydrogen-bond acceptors (Lipinski definition) is 15. The third-order valence-corrected chi connectivity index (χ3v) is 8.94. The van der Waals surface area contributed by atoms with Gasteiger partial charge >= 0.3 is 0 Å². The van der Waals surface area contributed by atoms with Gasteiger partial charge in [0.1, 0.15) is 0 Å². The second-order valence-corrected chi connectivity index (χ2v) is 13.7. The molecule has 2 rings (SSSR count). The molecule has 0 aromatic heterocycles. The van der Waals surface area contributed by atoms with Crippen molar-refractivity contribution in [1.29, 1.82) is 0 Å². The molecule has 0 radical (unpaired) electrons. The summed E-state index contributed by atoms with van der Waals surface area (Å²) in [5.74, 6) is -0.556. The van der Waals surface area contributed by atoms with Crippen LogP contribution in [0.15, 0.2) is 24.3 Å². The molecule has 16 heteroatoms. The third-order valence-electron chi connectivity index (χ3n) is 8.94. The van der Waals surface area contributed by atoms with Gasteiger partial charge in [-0.15, -0.1) is 0 Å². The van der Waals surface area contributed by atoms with Gasteiger partial charge in [0.2, 0.25) is 0 Å². The summed E-state index contributed by atoms with van der Waals surface area (Å²) >= 11 is 0. The number of imide groups is 1. The van der Waals surface area contributed by atoms with Gasteiger partial charge in [0, 0.05) is 6.61 Å². The number of carbonyl (C=O) groups is 2. The molecule has 0 atom stereocenters. The highest BCUT2D eigenvalue weighted by Gasteiger charge is 2.34. The van der Waals surface area contributed by atoms with E-state index in [9.17, 15) is 9.59 Å². The molecule has 0 fully saturated rings. The van der Waals surface area contributed by atoms with Crippen LogP contribution in [0.2, 0.25) is 0 Å². The lowest BCUT2D eigenvalue weighted by Gasteiger charge is -2.13. The van der Waals surface area contributed by atoms with Crippen molar-refractivity contribution in [2.45, 2.75) is 58.3 Å². The zero-order valence-electron chi connectivity index (χ0n) is 36.6. The average Bonchev–Trinajstić information content (AvgIpc) is 3.50. The highest BCUT2D eigenvalue weighted by Crippen LogP contribution is 2.21.